The molecule has 2 heterocycles. The molecule has 1 atom stereocenters. The number of nitrogens with zero attached hydrogens (tertiary/aromatic N) is 1. The highest BCUT2D eigenvalue weighted by molar-refractivity contribution is 6.30. The SMILES string of the molecule is Clc1ccc(C2CCCN2)nc1. The fourth-order valence-corrected chi connectivity index (χ4v) is 1.64. The van der Waals surface area contributed by atoms with Gasteiger partial charge in [-0.1, -0.05) is 11.6 Å². The van der Waals surface area contributed by atoms with E-state index in [9.17, 15) is 0 Å². The Labute approximate surface area is 77.0 Å². The number of hydrogen-bond donors (Lipinski definition) is 1. The van der Waals surface area contributed by atoms with E-state index < -0.39 is 0 Å². The molecule has 0 radical (unpaired) electrons. The van der Waals surface area contributed by atoms with Gasteiger partial charge in [0.2, 0.25) is 0 Å². The van der Waals surface area contributed by atoms with Gasteiger partial charge >= 0.3 is 0 Å². The van der Waals surface area contributed by atoms with Crippen LogP contribution in [-0.2, 0) is 0 Å². The molecule has 1 aromatic heterocycles. The number of hydrogen-bond acceptors (Lipinski definition) is 2. The number of aromatic nitrogens is 1. The Hall–Kier alpha value is -0.600. The van der Waals surface area contributed by atoms with E-state index in [0.29, 0.717) is 11.1 Å². The lowest BCUT2D eigenvalue weighted by molar-refractivity contribution is 0.628. The smallest absolute Gasteiger partial charge is 0.0589 e. The molecule has 1 N–H and O–H groups in total. The molecule has 0 bridgehead atoms. The van der Waals surface area contributed by atoms with Gasteiger partial charge in [0.25, 0.3) is 0 Å². The summed E-state index contributed by atoms with van der Waals surface area (Å²) in [7, 11) is 0. The Kier molecular flexibility index (Phi) is 2.28. The number of nitrogens with one attached hydrogen (secondary N) is 1. The molecule has 1 fully saturated rings. The highest BCUT2D eigenvalue weighted by Gasteiger charge is 2.16. The molecule has 2 rings (SSSR count). The Bertz CT molecular complexity index is 252. The summed E-state index contributed by atoms with van der Waals surface area (Å²) in [5.74, 6) is 0. The van der Waals surface area contributed by atoms with Gasteiger partial charge in [-0.25, -0.2) is 0 Å². The lowest BCUT2D eigenvalue weighted by Crippen LogP contribution is -2.13. The van der Waals surface area contributed by atoms with Crippen molar-refractivity contribution in [2.45, 2.75) is 18.9 Å². The monoisotopic (exact) mass is 182 g/mol. The summed E-state index contributed by atoms with van der Waals surface area (Å²) in [5.41, 5.74) is 1.11. The van der Waals surface area contributed by atoms with Gasteiger partial charge in [-0.15, -0.1) is 0 Å². The molecular formula is C9H11ClN2. The lowest BCUT2D eigenvalue weighted by atomic mass is 10.1. The molecule has 1 aliphatic rings. The average Bonchev–Trinajstić information content (AvgIpc) is 2.58. The third-order valence-corrected chi connectivity index (χ3v) is 2.39. The molecule has 2 nitrogen and oxygen atoms in total. The molecule has 1 aromatic rings. The standard InChI is InChI=1S/C9H11ClN2/c10-7-3-4-9(12-6-7)8-2-1-5-11-8/h3-4,6,8,11H,1-2,5H2. The molecule has 0 amide bonds. The molecule has 1 saturated heterocycles. The van der Waals surface area contributed by atoms with Gasteiger partial charge in [0.05, 0.1) is 10.7 Å². The van der Waals surface area contributed by atoms with Crippen molar-refractivity contribution >= 4 is 11.6 Å². The van der Waals surface area contributed by atoms with Crippen LogP contribution in [0.1, 0.15) is 24.6 Å². The van der Waals surface area contributed by atoms with Crippen LogP contribution in [0.2, 0.25) is 5.02 Å². The Balaban J connectivity index is 2.17. The minimum Gasteiger partial charge on any atom is -0.309 e. The van der Waals surface area contributed by atoms with Crippen LogP contribution in [0.5, 0.6) is 0 Å². The molecule has 0 aliphatic carbocycles. The van der Waals surface area contributed by atoms with E-state index >= 15 is 0 Å². The fraction of sp³-hybridized carbons (Fsp3) is 0.444. The van der Waals surface area contributed by atoms with Gasteiger partial charge < -0.3 is 5.32 Å². The zero-order chi connectivity index (χ0) is 8.39. The molecular weight excluding hydrogens is 172 g/mol. The Morgan fingerprint density at radius 3 is 3.00 bits per heavy atom. The first-order valence-electron chi connectivity index (χ1n) is 4.21. The van der Waals surface area contributed by atoms with Gasteiger partial charge in [0.1, 0.15) is 0 Å². The van der Waals surface area contributed by atoms with Gasteiger partial charge in [0, 0.05) is 12.2 Å². The van der Waals surface area contributed by atoms with Crippen molar-refractivity contribution in [3.05, 3.63) is 29.0 Å². The number of pyridine rings is 1. The van der Waals surface area contributed by atoms with Crippen LogP contribution in [0.4, 0.5) is 0 Å². The zero-order valence-electron chi connectivity index (χ0n) is 6.76. The second-order valence-corrected chi connectivity index (χ2v) is 3.49. The van der Waals surface area contributed by atoms with E-state index in [-0.39, 0.29) is 0 Å². The van der Waals surface area contributed by atoms with Gasteiger partial charge in [-0.05, 0) is 31.5 Å². The summed E-state index contributed by atoms with van der Waals surface area (Å²) in [6.07, 6.45) is 4.14. The number of rotatable bonds is 1. The predicted octanol–water partition coefficient (Wildman–Crippen LogP) is 2.16. The maximum absolute atomic E-state index is 5.74. The van der Waals surface area contributed by atoms with Gasteiger partial charge in [-0.2, -0.15) is 0 Å². The van der Waals surface area contributed by atoms with Crippen molar-refractivity contribution in [2.24, 2.45) is 0 Å². The highest BCUT2D eigenvalue weighted by Crippen LogP contribution is 2.21. The molecule has 12 heavy (non-hydrogen) atoms. The number of halogens is 1. The van der Waals surface area contributed by atoms with E-state index in [4.69, 9.17) is 11.6 Å². The van der Waals surface area contributed by atoms with Crippen molar-refractivity contribution in [1.82, 2.24) is 10.3 Å². The normalized spacial score (nSPS) is 22.9. The second-order valence-electron chi connectivity index (χ2n) is 3.05. The highest BCUT2D eigenvalue weighted by atomic mass is 35.5. The molecule has 1 aliphatic heterocycles. The predicted molar refractivity (Wildman–Crippen MR) is 49.2 cm³/mol. The fourth-order valence-electron chi connectivity index (χ4n) is 1.53. The van der Waals surface area contributed by atoms with Crippen molar-refractivity contribution in [1.29, 1.82) is 0 Å². The average molecular weight is 183 g/mol. The molecule has 3 heteroatoms. The van der Waals surface area contributed by atoms with Crippen LogP contribution in [0.25, 0.3) is 0 Å². The minimum absolute atomic E-state index is 0.447. The van der Waals surface area contributed by atoms with Crippen LogP contribution in [0.3, 0.4) is 0 Å². The quantitative estimate of drug-likeness (QED) is 0.720. The topological polar surface area (TPSA) is 24.9 Å². The van der Waals surface area contributed by atoms with Crippen LogP contribution < -0.4 is 5.32 Å². The molecule has 0 aromatic carbocycles. The van der Waals surface area contributed by atoms with Crippen LogP contribution >= 0.6 is 11.6 Å². The summed E-state index contributed by atoms with van der Waals surface area (Å²) in [6.45, 7) is 1.11. The molecule has 0 saturated carbocycles. The summed E-state index contributed by atoms with van der Waals surface area (Å²) >= 11 is 5.74. The summed E-state index contributed by atoms with van der Waals surface area (Å²) in [5, 5.41) is 4.09. The third-order valence-electron chi connectivity index (χ3n) is 2.17. The Morgan fingerprint density at radius 1 is 1.50 bits per heavy atom. The van der Waals surface area contributed by atoms with E-state index in [2.05, 4.69) is 10.3 Å². The summed E-state index contributed by atoms with van der Waals surface area (Å²) in [6, 6.07) is 4.33. The van der Waals surface area contributed by atoms with E-state index in [1.54, 1.807) is 6.20 Å². The minimum atomic E-state index is 0.447. The van der Waals surface area contributed by atoms with Crippen molar-refractivity contribution in [3.8, 4) is 0 Å². The maximum Gasteiger partial charge on any atom is 0.0589 e. The first-order chi connectivity index (χ1) is 5.86. The largest absolute Gasteiger partial charge is 0.309 e. The Morgan fingerprint density at radius 2 is 2.42 bits per heavy atom. The summed E-state index contributed by atoms with van der Waals surface area (Å²) in [4.78, 5) is 4.27. The zero-order valence-corrected chi connectivity index (χ0v) is 7.51. The first-order valence-corrected chi connectivity index (χ1v) is 4.59. The van der Waals surface area contributed by atoms with E-state index in [0.717, 1.165) is 12.2 Å². The third kappa shape index (κ3) is 1.59. The van der Waals surface area contributed by atoms with Crippen LogP contribution in [-0.4, -0.2) is 11.5 Å². The van der Waals surface area contributed by atoms with Crippen molar-refractivity contribution < 1.29 is 0 Å². The second kappa shape index (κ2) is 3.42. The van der Waals surface area contributed by atoms with E-state index in [1.165, 1.54) is 12.8 Å². The molecule has 64 valence electrons. The maximum atomic E-state index is 5.74. The van der Waals surface area contributed by atoms with Gasteiger partial charge in [0.15, 0.2) is 0 Å². The molecule has 1 unspecified atom stereocenters. The van der Waals surface area contributed by atoms with Crippen molar-refractivity contribution in [2.75, 3.05) is 6.54 Å². The van der Waals surface area contributed by atoms with Crippen molar-refractivity contribution in [3.63, 3.8) is 0 Å². The van der Waals surface area contributed by atoms with Crippen LogP contribution in [0.15, 0.2) is 18.3 Å². The lowest BCUT2D eigenvalue weighted by Gasteiger charge is -2.08. The molecule has 0 spiro atoms. The first kappa shape index (κ1) is 8.02. The van der Waals surface area contributed by atoms with Gasteiger partial charge in [-0.3, -0.25) is 4.98 Å². The summed E-state index contributed by atoms with van der Waals surface area (Å²) < 4.78 is 0. The van der Waals surface area contributed by atoms with Crippen LogP contribution in [0, 0.1) is 0 Å². The van der Waals surface area contributed by atoms with E-state index in [1.807, 2.05) is 12.1 Å².